The van der Waals surface area contributed by atoms with E-state index in [9.17, 15) is 13.2 Å². The monoisotopic (exact) mass is 389 g/mol. The Morgan fingerprint density at radius 2 is 2.08 bits per heavy atom. The zero-order valence-electron chi connectivity index (χ0n) is 15.0. The number of halogens is 1. The minimum Gasteiger partial charge on any atom is -0.326 e. The van der Waals surface area contributed by atoms with Crippen molar-refractivity contribution in [1.82, 2.24) is 5.32 Å². The number of nitrogens with two attached hydrogens (primary N) is 1. The highest BCUT2D eigenvalue weighted by molar-refractivity contribution is 7.89. The molecule has 6 nitrogen and oxygen atoms in total. The van der Waals surface area contributed by atoms with Crippen LogP contribution in [-0.2, 0) is 14.8 Å². The molecule has 1 saturated heterocycles. The third-order valence-electron chi connectivity index (χ3n) is 4.89. The van der Waals surface area contributed by atoms with E-state index in [0.29, 0.717) is 18.0 Å². The highest BCUT2D eigenvalue weighted by Gasteiger charge is 2.22. The van der Waals surface area contributed by atoms with Crippen LogP contribution < -0.4 is 15.8 Å². The first-order chi connectivity index (χ1) is 11.2. The van der Waals surface area contributed by atoms with Crippen molar-refractivity contribution in [3.05, 3.63) is 23.3 Å². The minimum absolute atomic E-state index is 0. The van der Waals surface area contributed by atoms with Gasteiger partial charge in [0.05, 0.1) is 4.90 Å². The first-order valence-corrected chi connectivity index (χ1v) is 9.87. The second kappa shape index (κ2) is 8.98. The van der Waals surface area contributed by atoms with Crippen molar-refractivity contribution in [3.8, 4) is 0 Å². The number of sulfonamides is 1. The predicted molar refractivity (Wildman–Crippen MR) is 103 cm³/mol. The topological polar surface area (TPSA) is 101 Å². The number of hydrogen-bond acceptors (Lipinski definition) is 4. The van der Waals surface area contributed by atoms with Gasteiger partial charge in [-0.15, -0.1) is 12.4 Å². The van der Waals surface area contributed by atoms with Crippen LogP contribution in [0.15, 0.2) is 17.0 Å². The van der Waals surface area contributed by atoms with Gasteiger partial charge in [0, 0.05) is 12.1 Å². The number of hydrogen-bond donors (Lipinski definition) is 3. The van der Waals surface area contributed by atoms with Crippen LogP contribution in [0.25, 0.3) is 0 Å². The fourth-order valence-electron chi connectivity index (χ4n) is 3.15. The van der Waals surface area contributed by atoms with Gasteiger partial charge in [0.2, 0.25) is 15.9 Å². The highest BCUT2D eigenvalue weighted by atomic mass is 35.5. The summed E-state index contributed by atoms with van der Waals surface area (Å²) in [5.41, 5.74) is 2.14. The van der Waals surface area contributed by atoms with E-state index in [4.69, 9.17) is 5.14 Å². The van der Waals surface area contributed by atoms with E-state index in [2.05, 4.69) is 17.6 Å². The first-order valence-electron chi connectivity index (χ1n) is 8.33. The Morgan fingerprint density at radius 3 is 2.64 bits per heavy atom. The first kappa shape index (κ1) is 21.9. The molecule has 1 aliphatic rings. The van der Waals surface area contributed by atoms with Crippen LogP contribution in [0.5, 0.6) is 0 Å². The second-order valence-corrected chi connectivity index (χ2v) is 8.36. The molecule has 8 heteroatoms. The zero-order chi connectivity index (χ0) is 17.9. The summed E-state index contributed by atoms with van der Waals surface area (Å²) in [4.78, 5) is 12.4. The van der Waals surface area contributed by atoms with Gasteiger partial charge >= 0.3 is 0 Å². The third-order valence-corrected chi connectivity index (χ3v) is 5.78. The summed E-state index contributed by atoms with van der Waals surface area (Å²) < 4.78 is 23.2. The number of nitrogens with one attached hydrogen (secondary N) is 2. The van der Waals surface area contributed by atoms with Crippen molar-refractivity contribution < 1.29 is 13.2 Å². The number of rotatable bonds is 5. The molecular formula is C17H28ClN3O3S. The Hall–Kier alpha value is -1.15. The summed E-state index contributed by atoms with van der Waals surface area (Å²) >= 11 is 0. The number of primary sulfonamides is 1. The molecule has 4 N–H and O–H groups in total. The van der Waals surface area contributed by atoms with Crippen molar-refractivity contribution in [3.63, 3.8) is 0 Å². The molecule has 1 aliphatic heterocycles. The molecule has 1 fully saturated rings. The molecule has 1 aromatic carbocycles. The Morgan fingerprint density at radius 1 is 1.40 bits per heavy atom. The maximum Gasteiger partial charge on any atom is 0.238 e. The molecule has 0 bridgehead atoms. The summed E-state index contributed by atoms with van der Waals surface area (Å²) in [6.07, 6.45) is 2.70. The summed E-state index contributed by atoms with van der Waals surface area (Å²) in [6.45, 7) is 7.75. The van der Waals surface area contributed by atoms with Crippen LogP contribution in [0, 0.1) is 25.7 Å². The second-order valence-electron chi connectivity index (χ2n) is 6.79. The summed E-state index contributed by atoms with van der Waals surface area (Å²) in [7, 11) is -3.80. The number of piperidine rings is 1. The van der Waals surface area contributed by atoms with Crippen LogP contribution >= 0.6 is 12.4 Å². The van der Waals surface area contributed by atoms with Crippen LogP contribution in [0.4, 0.5) is 5.69 Å². The summed E-state index contributed by atoms with van der Waals surface area (Å²) in [5, 5.41) is 11.4. The Kier molecular flexibility index (Phi) is 7.87. The van der Waals surface area contributed by atoms with Crippen molar-refractivity contribution >= 4 is 34.0 Å². The maximum atomic E-state index is 12.4. The van der Waals surface area contributed by atoms with Crippen molar-refractivity contribution in [1.29, 1.82) is 0 Å². The Bertz CT molecular complexity index is 716. The van der Waals surface area contributed by atoms with Crippen LogP contribution in [0.2, 0.25) is 0 Å². The molecule has 2 rings (SSSR count). The number of carbonyl (C=O) groups excluding carboxylic acids is 1. The van der Waals surface area contributed by atoms with Gasteiger partial charge in [-0.1, -0.05) is 6.92 Å². The maximum absolute atomic E-state index is 12.4. The van der Waals surface area contributed by atoms with Crippen molar-refractivity contribution in [2.45, 2.75) is 44.9 Å². The molecule has 2 atom stereocenters. The average molecular weight is 390 g/mol. The van der Waals surface area contributed by atoms with Gasteiger partial charge < -0.3 is 10.6 Å². The van der Waals surface area contributed by atoms with Crippen LogP contribution in [-0.4, -0.2) is 27.4 Å². The van der Waals surface area contributed by atoms with Crippen molar-refractivity contribution in [2.24, 2.45) is 17.0 Å². The molecule has 0 saturated carbocycles. The van der Waals surface area contributed by atoms with E-state index in [-0.39, 0.29) is 29.1 Å². The fraction of sp³-hybridized carbons (Fsp3) is 0.588. The van der Waals surface area contributed by atoms with E-state index in [0.717, 1.165) is 37.1 Å². The average Bonchev–Trinajstić information content (AvgIpc) is 2.51. The molecule has 1 heterocycles. The quantitative estimate of drug-likeness (QED) is 0.719. The van der Waals surface area contributed by atoms with Gasteiger partial charge in [-0.25, -0.2) is 13.6 Å². The standard InChI is InChI=1S/C17H27N3O3S.ClH/c1-11-7-15(24(18,22)23)9-16(13(11)3)20-17(21)8-12(2)14-5-4-6-19-10-14;/h7,9,12,14,19H,4-6,8,10H2,1-3H3,(H,20,21)(H2,18,22,23);1H. The van der Waals surface area contributed by atoms with Gasteiger partial charge in [-0.3, -0.25) is 4.79 Å². The van der Waals surface area contributed by atoms with Crippen molar-refractivity contribution in [2.75, 3.05) is 18.4 Å². The molecule has 0 aromatic heterocycles. The summed E-state index contributed by atoms with van der Waals surface area (Å²) in [6, 6.07) is 2.96. The van der Waals surface area contributed by atoms with Gasteiger partial charge in [0.25, 0.3) is 0 Å². The van der Waals surface area contributed by atoms with E-state index >= 15 is 0 Å². The lowest BCUT2D eigenvalue weighted by Crippen LogP contribution is -2.34. The molecule has 1 amide bonds. The molecule has 1 aromatic rings. The highest BCUT2D eigenvalue weighted by Crippen LogP contribution is 2.26. The summed E-state index contributed by atoms with van der Waals surface area (Å²) in [5.74, 6) is 0.686. The van der Waals surface area contributed by atoms with Crippen LogP contribution in [0.3, 0.4) is 0 Å². The fourth-order valence-corrected chi connectivity index (χ4v) is 3.77. The lowest BCUT2D eigenvalue weighted by molar-refractivity contribution is -0.117. The Balaban J connectivity index is 0.00000312. The third kappa shape index (κ3) is 5.95. The van der Waals surface area contributed by atoms with E-state index in [1.54, 1.807) is 6.92 Å². The van der Waals surface area contributed by atoms with Gasteiger partial charge in [0.15, 0.2) is 0 Å². The number of benzene rings is 1. The lowest BCUT2D eigenvalue weighted by atomic mass is 9.85. The molecule has 2 unspecified atom stereocenters. The minimum atomic E-state index is -3.80. The normalized spacial score (nSPS) is 19.0. The van der Waals surface area contributed by atoms with E-state index in [1.165, 1.54) is 12.1 Å². The molecule has 0 aliphatic carbocycles. The van der Waals surface area contributed by atoms with Crippen LogP contribution in [0.1, 0.15) is 37.3 Å². The lowest BCUT2D eigenvalue weighted by Gasteiger charge is -2.28. The number of amides is 1. The van der Waals surface area contributed by atoms with Gasteiger partial charge in [-0.05, 0) is 74.9 Å². The molecule has 0 spiro atoms. The largest absolute Gasteiger partial charge is 0.326 e. The molecule has 0 radical (unpaired) electrons. The number of anilines is 1. The predicted octanol–water partition coefficient (Wildman–Crippen LogP) is 2.34. The molecular weight excluding hydrogens is 362 g/mol. The molecule has 25 heavy (non-hydrogen) atoms. The number of carbonyl (C=O) groups is 1. The van der Waals surface area contributed by atoms with Gasteiger partial charge in [-0.2, -0.15) is 0 Å². The number of aryl methyl sites for hydroxylation is 1. The van der Waals surface area contributed by atoms with Gasteiger partial charge in [0.1, 0.15) is 0 Å². The molecule has 142 valence electrons. The van der Waals surface area contributed by atoms with E-state index in [1.807, 2.05) is 6.92 Å². The smallest absolute Gasteiger partial charge is 0.238 e. The van der Waals surface area contributed by atoms with E-state index < -0.39 is 10.0 Å². The zero-order valence-corrected chi connectivity index (χ0v) is 16.6. The Labute approximate surface area is 156 Å². The SMILES string of the molecule is Cc1cc(S(N)(=O)=O)cc(NC(=O)CC(C)C2CCCNC2)c1C.Cl.